The summed E-state index contributed by atoms with van der Waals surface area (Å²) >= 11 is 0. The van der Waals surface area contributed by atoms with Gasteiger partial charge in [0.1, 0.15) is 5.75 Å². The van der Waals surface area contributed by atoms with E-state index < -0.39 is 0 Å². The normalized spacial score (nSPS) is 14.4. The van der Waals surface area contributed by atoms with Gasteiger partial charge in [-0.25, -0.2) is 0 Å². The molecule has 6 heteroatoms. The predicted octanol–water partition coefficient (Wildman–Crippen LogP) is 4.79. The first-order valence-electron chi connectivity index (χ1n) is 9.42. The van der Waals surface area contributed by atoms with E-state index in [4.69, 9.17) is 4.74 Å². The maximum absolute atomic E-state index is 6.01. The van der Waals surface area contributed by atoms with Gasteiger partial charge in [-0.2, -0.15) is 10.1 Å². The summed E-state index contributed by atoms with van der Waals surface area (Å²) < 4.78 is 6.01. The summed E-state index contributed by atoms with van der Waals surface area (Å²) in [7, 11) is 0. The molecule has 0 saturated carbocycles. The van der Waals surface area contributed by atoms with Crippen LogP contribution in [0.3, 0.4) is 0 Å². The number of hydrogen-bond donors (Lipinski definition) is 1. The fourth-order valence-electron chi connectivity index (χ4n) is 3.17. The minimum absolute atomic E-state index is 0.661. The zero-order chi connectivity index (χ0) is 18.3. The van der Waals surface area contributed by atoms with Gasteiger partial charge in [-0.3, -0.25) is 0 Å². The van der Waals surface area contributed by atoms with Crippen molar-refractivity contribution in [2.24, 2.45) is 0 Å². The molecule has 0 amide bonds. The van der Waals surface area contributed by atoms with Crippen molar-refractivity contribution < 1.29 is 4.74 Å². The highest BCUT2D eigenvalue weighted by Gasteiger charge is 2.14. The van der Waals surface area contributed by atoms with Gasteiger partial charge >= 0.3 is 0 Å². The molecule has 1 aromatic heterocycles. The lowest BCUT2D eigenvalue weighted by Gasteiger charge is -2.20. The van der Waals surface area contributed by atoms with E-state index in [0.29, 0.717) is 11.8 Å². The predicted molar refractivity (Wildman–Crippen MR) is 107 cm³/mol. The van der Waals surface area contributed by atoms with E-state index in [-0.39, 0.29) is 0 Å². The molecule has 138 valence electrons. The lowest BCUT2D eigenvalue weighted by atomic mass is 10.2. The summed E-state index contributed by atoms with van der Waals surface area (Å²) in [4.78, 5) is 6.89. The number of para-hydroxylation sites is 3. The highest BCUT2D eigenvalue weighted by atomic mass is 16.5. The summed E-state index contributed by atoms with van der Waals surface area (Å²) in [6.45, 7) is 1.97. The minimum Gasteiger partial charge on any atom is -0.455 e. The summed E-state index contributed by atoms with van der Waals surface area (Å²) in [5, 5.41) is 11.7. The number of aromatic nitrogens is 3. The SMILES string of the molecule is c1ccc(Oc2ccccc2Nc2cnnc(N3CCCCCC3)n2)cc1. The Balaban J connectivity index is 1.53. The van der Waals surface area contributed by atoms with Crippen LogP contribution in [0.5, 0.6) is 11.5 Å². The first-order chi connectivity index (χ1) is 13.4. The Hall–Kier alpha value is -3.15. The highest BCUT2D eigenvalue weighted by molar-refractivity contribution is 5.64. The van der Waals surface area contributed by atoms with E-state index in [0.717, 1.165) is 30.3 Å². The summed E-state index contributed by atoms with van der Waals surface area (Å²) in [5.41, 5.74) is 0.837. The van der Waals surface area contributed by atoms with Crippen molar-refractivity contribution in [2.75, 3.05) is 23.3 Å². The Morgan fingerprint density at radius 1 is 0.852 bits per heavy atom. The summed E-state index contributed by atoms with van der Waals surface area (Å²) in [6.07, 6.45) is 6.53. The molecule has 2 heterocycles. The number of ether oxygens (including phenoxy) is 1. The monoisotopic (exact) mass is 361 g/mol. The van der Waals surface area contributed by atoms with Crippen LogP contribution in [-0.2, 0) is 0 Å². The van der Waals surface area contributed by atoms with E-state index in [1.807, 2.05) is 54.6 Å². The lowest BCUT2D eigenvalue weighted by Crippen LogP contribution is -2.26. The van der Waals surface area contributed by atoms with Crippen LogP contribution < -0.4 is 15.0 Å². The van der Waals surface area contributed by atoms with Crippen molar-refractivity contribution in [1.82, 2.24) is 15.2 Å². The maximum Gasteiger partial charge on any atom is 0.247 e. The minimum atomic E-state index is 0.661. The fourth-order valence-corrected chi connectivity index (χ4v) is 3.17. The molecule has 27 heavy (non-hydrogen) atoms. The van der Waals surface area contributed by atoms with Gasteiger partial charge in [0.15, 0.2) is 11.6 Å². The highest BCUT2D eigenvalue weighted by Crippen LogP contribution is 2.31. The van der Waals surface area contributed by atoms with Crippen LogP contribution in [0.25, 0.3) is 0 Å². The first kappa shape index (κ1) is 17.3. The Bertz CT molecular complexity index is 863. The third-order valence-electron chi connectivity index (χ3n) is 4.56. The number of rotatable bonds is 5. The van der Waals surface area contributed by atoms with Crippen LogP contribution in [0, 0.1) is 0 Å². The van der Waals surface area contributed by atoms with Crippen molar-refractivity contribution in [3.63, 3.8) is 0 Å². The molecular formula is C21H23N5O. The standard InChI is InChI=1S/C21H23N5O/c1-2-9-15-26(14-8-1)21-24-20(16-22-25-21)23-18-12-6-7-13-19(18)27-17-10-4-3-5-11-17/h3-7,10-13,16H,1-2,8-9,14-15H2,(H,23,24,25). The van der Waals surface area contributed by atoms with Crippen molar-refractivity contribution in [1.29, 1.82) is 0 Å². The Labute approximate surface area is 159 Å². The molecular weight excluding hydrogens is 338 g/mol. The molecule has 0 atom stereocenters. The molecule has 6 nitrogen and oxygen atoms in total. The van der Waals surface area contributed by atoms with Crippen LogP contribution in [0.15, 0.2) is 60.8 Å². The van der Waals surface area contributed by atoms with E-state index in [1.165, 1.54) is 25.7 Å². The van der Waals surface area contributed by atoms with Crippen molar-refractivity contribution in [2.45, 2.75) is 25.7 Å². The van der Waals surface area contributed by atoms with E-state index in [1.54, 1.807) is 6.20 Å². The van der Waals surface area contributed by atoms with Crippen LogP contribution in [0.2, 0.25) is 0 Å². The van der Waals surface area contributed by atoms with Crippen LogP contribution in [0.4, 0.5) is 17.5 Å². The molecule has 4 rings (SSSR count). The van der Waals surface area contributed by atoms with Gasteiger partial charge in [0.05, 0.1) is 11.9 Å². The lowest BCUT2D eigenvalue weighted by molar-refractivity contribution is 0.485. The topological polar surface area (TPSA) is 63.2 Å². The van der Waals surface area contributed by atoms with Gasteiger partial charge in [0.2, 0.25) is 5.95 Å². The fraction of sp³-hybridized carbons (Fsp3) is 0.286. The molecule has 1 fully saturated rings. The van der Waals surface area contributed by atoms with Gasteiger partial charge in [-0.1, -0.05) is 43.2 Å². The number of nitrogens with one attached hydrogen (secondary N) is 1. The third-order valence-corrected chi connectivity index (χ3v) is 4.56. The van der Waals surface area contributed by atoms with E-state index in [9.17, 15) is 0 Å². The number of nitrogens with zero attached hydrogens (tertiary/aromatic N) is 4. The second kappa shape index (κ2) is 8.49. The van der Waals surface area contributed by atoms with E-state index in [2.05, 4.69) is 25.4 Å². The zero-order valence-electron chi connectivity index (χ0n) is 15.2. The van der Waals surface area contributed by atoms with Gasteiger partial charge in [-0.05, 0) is 37.1 Å². The summed E-state index contributed by atoms with van der Waals surface area (Å²) in [5.74, 6) is 2.87. The van der Waals surface area contributed by atoms with Crippen LogP contribution >= 0.6 is 0 Å². The molecule has 2 aromatic carbocycles. The molecule has 0 unspecified atom stereocenters. The summed E-state index contributed by atoms with van der Waals surface area (Å²) in [6, 6.07) is 17.5. The van der Waals surface area contributed by atoms with Crippen molar-refractivity contribution in [3.05, 3.63) is 60.8 Å². The molecule has 3 aromatic rings. The van der Waals surface area contributed by atoms with Gasteiger partial charge in [0, 0.05) is 13.1 Å². The second-order valence-electron chi connectivity index (χ2n) is 6.58. The average Bonchev–Trinajstić information content (AvgIpc) is 3.00. The molecule has 0 spiro atoms. The Morgan fingerprint density at radius 2 is 1.59 bits per heavy atom. The molecule has 0 aliphatic carbocycles. The van der Waals surface area contributed by atoms with Crippen LogP contribution in [-0.4, -0.2) is 28.3 Å². The molecule has 1 aliphatic heterocycles. The van der Waals surface area contributed by atoms with E-state index >= 15 is 0 Å². The molecule has 0 radical (unpaired) electrons. The van der Waals surface area contributed by atoms with Gasteiger partial charge in [0.25, 0.3) is 0 Å². The number of benzene rings is 2. The average molecular weight is 361 g/mol. The molecule has 1 aliphatic rings. The Kier molecular flexibility index (Phi) is 5.43. The third kappa shape index (κ3) is 4.53. The number of hydrogen-bond acceptors (Lipinski definition) is 6. The second-order valence-corrected chi connectivity index (χ2v) is 6.58. The maximum atomic E-state index is 6.01. The largest absolute Gasteiger partial charge is 0.455 e. The molecule has 0 bridgehead atoms. The quantitative estimate of drug-likeness (QED) is 0.705. The number of anilines is 3. The zero-order valence-corrected chi connectivity index (χ0v) is 15.2. The van der Waals surface area contributed by atoms with Crippen molar-refractivity contribution >= 4 is 17.5 Å². The smallest absolute Gasteiger partial charge is 0.247 e. The molecule has 1 saturated heterocycles. The Morgan fingerprint density at radius 3 is 2.41 bits per heavy atom. The first-order valence-corrected chi connectivity index (χ1v) is 9.42. The van der Waals surface area contributed by atoms with Crippen molar-refractivity contribution in [3.8, 4) is 11.5 Å². The van der Waals surface area contributed by atoms with Crippen LogP contribution in [0.1, 0.15) is 25.7 Å². The van der Waals surface area contributed by atoms with Gasteiger partial charge < -0.3 is 15.0 Å². The van der Waals surface area contributed by atoms with Gasteiger partial charge in [-0.15, -0.1) is 5.10 Å². The molecule has 1 N–H and O–H groups in total.